The third kappa shape index (κ3) is 2.50. The van der Waals surface area contributed by atoms with E-state index >= 15 is 0 Å². The van der Waals surface area contributed by atoms with Crippen LogP contribution in [0.1, 0.15) is 11.3 Å². The number of halogens is 1. The summed E-state index contributed by atoms with van der Waals surface area (Å²) >= 11 is 0. The molecular weight excluding hydrogens is 303 g/mol. The van der Waals surface area contributed by atoms with Crippen LogP contribution >= 0.6 is 0 Å². The van der Waals surface area contributed by atoms with E-state index in [2.05, 4.69) is 10.1 Å². The summed E-state index contributed by atoms with van der Waals surface area (Å²) in [6.07, 6.45) is 4.11. The lowest BCUT2D eigenvalue weighted by Gasteiger charge is -2.04. The number of pyridine rings is 2. The van der Waals surface area contributed by atoms with Crippen LogP contribution in [0.25, 0.3) is 16.6 Å². The van der Waals surface area contributed by atoms with Crippen LogP contribution in [0.3, 0.4) is 0 Å². The molecule has 0 saturated heterocycles. The van der Waals surface area contributed by atoms with Crippen LogP contribution in [-0.4, -0.2) is 14.6 Å². The van der Waals surface area contributed by atoms with Crippen molar-refractivity contribution in [3.05, 3.63) is 84.1 Å². The maximum Gasteiger partial charge on any atom is 0.125 e. The lowest BCUT2D eigenvalue weighted by molar-refractivity contribution is 0.627. The Kier molecular flexibility index (Phi) is 3.46. The van der Waals surface area contributed by atoms with Crippen molar-refractivity contribution in [2.24, 2.45) is 0 Å². The number of aromatic nitrogens is 3. The Morgan fingerprint density at radius 2 is 1.71 bits per heavy atom. The van der Waals surface area contributed by atoms with E-state index in [4.69, 9.17) is 5.73 Å². The van der Waals surface area contributed by atoms with Gasteiger partial charge in [0.05, 0.1) is 11.2 Å². The molecule has 0 aliphatic carbocycles. The summed E-state index contributed by atoms with van der Waals surface area (Å²) in [7, 11) is 0. The van der Waals surface area contributed by atoms with Crippen molar-refractivity contribution in [2.75, 3.05) is 5.73 Å². The third-order valence-electron chi connectivity index (χ3n) is 4.01. The fourth-order valence-corrected chi connectivity index (χ4v) is 2.89. The summed E-state index contributed by atoms with van der Waals surface area (Å²) in [5.41, 5.74) is 11.0. The number of fused-ring (bicyclic) bond motifs is 1. The first kappa shape index (κ1) is 14.4. The molecule has 5 heteroatoms. The summed E-state index contributed by atoms with van der Waals surface area (Å²) in [5, 5.41) is 4.68. The van der Waals surface area contributed by atoms with Crippen LogP contribution in [0.5, 0.6) is 0 Å². The molecule has 0 aliphatic heterocycles. The summed E-state index contributed by atoms with van der Waals surface area (Å²) < 4.78 is 14.9. The molecule has 1 aromatic carbocycles. The lowest BCUT2D eigenvalue weighted by atomic mass is 10.0. The second-order valence-electron chi connectivity index (χ2n) is 5.61. The first-order chi connectivity index (χ1) is 11.7. The highest BCUT2D eigenvalue weighted by Crippen LogP contribution is 2.30. The van der Waals surface area contributed by atoms with Gasteiger partial charge in [0.1, 0.15) is 11.6 Å². The molecule has 2 N–H and O–H groups in total. The minimum Gasteiger partial charge on any atom is -0.384 e. The minimum atomic E-state index is -0.243. The SMILES string of the molecule is Nc1cccc2c(-c3ccncc3)c(Cc3ccc(F)cc3)nn12. The molecule has 0 bridgehead atoms. The zero-order chi connectivity index (χ0) is 16.5. The molecule has 0 unspecified atom stereocenters. The number of rotatable bonds is 3. The van der Waals surface area contributed by atoms with Gasteiger partial charge in [-0.05, 0) is 47.5 Å². The molecule has 24 heavy (non-hydrogen) atoms. The Labute approximate surface area is 138 Å². The summed E-state index contributed by atoms with van der Waals surface area (Å²) in [4.78, 5) is 4.08. The van der Waals surface area contributed by atoms with Crippen molar-refractivity contribution >= 4 is 11.3 Å². The highest BCUT2D eigenvalue weighted by Gasteiger charge is 2.16. The fraction of sp³-hybridized carbons (Fsp3) is 0.0526. The first-order valence-electron chi connectivity index (χ1n) is 7.63. The van der Waals surface area contributed by atoms with Crippen molar-refractivity contribution in [2.45, 2.75) is 6.42 Å². The van der Waals surface area contributed by atoms with Crippen LogP contribution < -0.4 is 5.73 Å². The molecule has 0 spiro atoms. The normalized spacial score (nSPS) is 11.0. The predicted octanol–water partition coefficient (Wildman–Crippen LogP) is 3.71. The van der Waals surface area contributed by atoms with Crippen molar-refractivity contribution < 1.29 is 4.39 Å². The number of hydrogen-bond donors (Lipinski definition) is 1. The van der Waals surface area contributed by atoms with Gasteiger partial charge in [-0.15, -0.1) is 0 Å². The number of anilines is 1. The second kappa shape index (κ2) is 5.77. The molecule has 4 rings (SSSR count). The van der Waals surface area contributed by atoms with Crippen molar-refractivity contribution in [1.29, 1.82) is 0 Å². The number of benzene rings is 1. The van der Waals surface area contributed by atoms with E-state index in [0.717, 1.165) is 27.9 Å². The van der Waals surface area contributed by atoms with Gasteiger partial charge in [0, 0.05) is 24.4 Å². The topological polar surface area (TPSA) is 56.2 Å². The Morgan fingerprint density at radius 1 is 0.958 bits per heavy atom. The van der Waals surface area contributed by atoms with Crippen LogP contribution in [-0.2, 0) is 6.42 Å². The maximum atomic E-state index is 13.1. The number of nitrogens with two attached hydrogens (primary N) is 1. The highest BCUT2D eigenvalue weighted by atomic mass is 19.1. The van der Waals surface area contributed by atoms with Gasteiger partial charge in [-0.1, -0.05) is 18.2 Å². The van der Waals surface area contributed by atoms with E-state index in [1.54, 1.807) is 29.0 Å². The van der Waals surface area contributed by atoms with Gasteiger partial charge < -0.3 is 5.73 Å². The molecule has 0 fully saturated rings. The smallest absolute Gasteiger partial charge is 0.125 e. The standard InChI is InChI=1S/C19H15FN4/c20-15-6-4-13(5-7-15)12-16-19(14-8-10-22-11-9-14)17-2-1-3-18(21)24(17)23-16/h1-11H,12,21H2. The second-order valence-corrected chi connectivity index (χ2v) is 5.61. The molecule has 118 valence electrons. The Balaban J connectivity index is 1.90. The number of nitrogen functional groups attached to an aromatic ring is 1. The van der Waals surface area contributed by atoms with Gasteiger partial charge in [-0.2, -0.15) is 5.10 Å². The Morgan fingerprint density at radius 3 is 2.46 bits per heavy atom. The van der Waals surface area contributed by atoms with Crippen molar-refractivity contribution in [1.82, 2.24) is 14.6 Å². The first-order valence-corrected chi connectivity index (χ1v) is 7.63. The molecule has 3 aromatic heterocycles. The molecule has 0 amide bonds. The number of nitrogens with zero attached hydrogens (tertiary/aromatic N) is 3. The predicted molar refractivity (Wildman–Crippen MR) is 92.0 cm³/mol. The van der Waals surface area contributed by atoms with Gasteiger partial charge in [-0.3, -0.25) is 4.98 Å². The number of hydrogen-bond acceptors (Lipinski definition) is 3. The third-order valence-corrected chi connectivity index (χ3v) is 4.01. The van der Waals surface area contributed by atoms with Crippen LogP contribution in [0.2, 0.25) is 0 Å². The van der Waals surface area contributed by atoms with E-state index in [1.165, 1.54) is 12.1 Å². The van der Waals surface area contributed by atoms with E-state index in [0.29, 0.717) is 12.2 Å². The molecule has 4 nitrogen and oxygen atoms in total. The Bertz CT molecular complexity index is 991. The van der Waals surface area contributed by atoms with Crippen molar-refractivity contribution in [3.8, 4) is 11.1 Å². The fourth-order valence-electron chi connectivity index (χ4n) is 2.89. The van der Waals surface area contributed by atoms with Gasteiger partial charge in [0.25, 0.3) is 0 Å². The molecule has 4 aromatic rings. The van der Waals surface area contributed by atoms with Crippen LogP contribution in [0.4, 0.5) is 10.2 Å². The average Bonchev–Trinajstić information content (AvgIpc) is 2.97. The highest BCUT2D eigenvalue weighted by molar-refractivity contribution is 5.83. The van der Waals surface area contributed by atoms with Crippen LogP contribution in [0.15, 0.2) is 67.0 Å². The van der Waals surface area contributed by atoms with Gasteiger partial charge in [0.15, 0.2) is 0 Å². The van der Waals surface area contributed by atoms with E-state index in [9.17, 15) is 4.39 Å². The van der Waals surface area contributed by atoms with Gasteiger partial charge >= 0.3 is 0 Å². The zero-order valence-corrected chi connectivity index (χ0v) is 12.9. The van der Waals surface area contributed by atoms with Crippen molar-refractivity contribution in [3.63, 3.8) is 0 Å². The monoisotopic (exact) mass is 318 g/mol. The van der Waals surface area contributed by atoms with E-state index in [1.807, 2.05) is 30.3 Å². The maximum absolute atomic E-state index is 13.1. The largest absolute Gasteiger partial charge is 0.384 e. The van der Waals surface area contributed by atoms with E-state index in [-0.39, 0.29) is 5.82 Å². The summed E-state index contributed by atoms with van der Waals surface area (Å²) in [6.45, 7) is 0. The quantitative estimate of drug-likeness (QED) is 0.626. The zero-order valence-electron chi connectivity index (χ0n) is 12.9. The van der Waals surface area contributed by atoms with E-state index < -0.39 is 0 Å². The van der Waals surface area contributed by atoms with Gasteiger partial charge in [0.2, 0.25) is 0 Å². The summed E-state index contributed by atoms with van der Waals surface area (Å²) in [5.74, 6) is 0.334. The molecule has 0 atom stereocenters. The lowest BCUT2D eigenvalue weighted by Crippen LogP contribution is -1.98. The summed E-state index contributed by atoms with van der Waals surface area (Å²) in [6, 6.07) is 16.1. The molecule has 0 saturated carbocycles. The molecular formula is C19H15FN4. The molecule has 0 radical (unpaired) electrons. The molecule has 3 heterocycles. The minimum absolute atomic E-state index is 0.243. The Hall–Kier alpha value is -3.21. The van der Waals surface area contributed by atoms with Gasteiger partial charge in [-0.25, -0.2) is 8.91 Å². The average molecular weight is 318 g/mol. The van der Waals surface area contributed by atoms with Crippen LogP contribution in [0, 0.1) is 5.82 Å². The molecule has 0 aliphatic rings.